The second kappa shape index (κ2) is 11.5. The Hall–Kier alpha value is -3.89. The Kier molecular flexibility index (Phi) is 8.27. The van der Waals surface area contributed by atoms with Crippen molar-refractivity contribution >= 4 is 26.8 Å². The molecule has 0 amide bonds. The van der Waals surface area contributed by atoms with E-state index >= 15 is 0 Å². The second-order valence-electron chi connectivity index (χ2n) is 8.76. The van der Waals surface area contributed by atoms with Crippen LogP contribution in [0.2, 0.25) is 0 Å². The normalized spacial score (nSPS) is 12.1. The van der Waals surface area contributed by atoms with Gasteiger partial charge in [-0.05, 0) is 58.8 Å². The van der Waals surface area contributed by atoms with Gasteiger partial charge in [-0.25, -0.2) is 8.42 Å². The van der Waals surface area contributed by atoms with Crippen molar-refractivity contribution < 1.29 is 35.9 Å². The highest BCUT2D eigenvalue weighted by molar-refractivity contribution is 7.89. The average molecular weight is 558 g/mol. The van der Waals surface area contributed by atoms with Crippen LogP contribution in [0.1, 0.15) is 23.6 Å². The first kappa shape index (κ1) is 28.1. The molecule has 0 aliphatic rings. The summed E-state index contributed by atoms with van der Waals surface area (Å²) in [4.78, 5) is 11.7. The number of carbonyl (C=O) groups excluding carboxylic acids is 1. The summed E-state index contributed by atoms with van der Waals surface area (Å²) in [5.41, 5.74) is -0.306. The zero-order valence-electron chi connectivity index (χ0n) is 21.2. The quantitative estimate of drug-likeness (QED) is 0.218. The van der Waals surface area contributed by atoms with Crippen LogP contribution in [0.25, 0.3) is 10.8 Å². The van der Waals surface area contributed by atoms with Crippen molar-refractivity contribution in [1.82, 2.24) is 4.31 Å². The molecule has 39 heavy (non-hydrogen) atoms. The number of nitrogens with zero attached hydrogens (tertiary/aromatic N) is 1. The van der Waals surface area contributed by atoms with Gasteiger partial charge in [0, 0.05) is 18.7 Å². The van der Waals surface area contributed by atoms with Crippen molar-refractivity contribution in [3.8, 4) is 11.5 Å². The summed E-state index contributed by atoms with van der Waals surface area (Å²) in [7, 11) is -2.79. The van der Waals surface area contributed by atoms with Gasteiger partial charge in [0.15, 0.2) is 0 Å². The van der Waals surface area contributed by atoms with Crippen LogP contribution in [-0.2, 0) is 38.7 Å². The van der Waals surface area contributed by atoms with Crippen LogP contribution in [0.4, 0.5) is 13.2 Å². The van der Waals surface area contributed by atoms with E-state index in [1.54, 1.807) is 55.5 Å². The number of ether oxygens (including phenoxy) is 2. The zero-order valence-corrected chi connectivity index (χ0v) is 22.1. The van der Waals surface area contributed by atoms with Gasteiger partial charge in [0.2, 0.25) is 10.0 Å². The van der Waals surface area contributed by atoms with Crippen LogP contribution < -0.4 is 4.74 Å². The standard InChI is InChI=1S/C29H26F3NO5S/c1-3-33(39(35,36)26-13-11-21-8-4-5-9-22(21)18-26)19-23-17-24(29(30,31)32)12-14-27(23)38-25-10-6-7-20(15-25)16-28(34)37-2/h4-15,17-18H,3,16,19H2,1-2H3. The molecule has 204 valence electrons. The summed E-state index contributed by atoms with van der Waals surface area (Å²) in [6, 6.07) is 21.4. The Morgan fingerprint density at radius 2 is 1.64 bits per heavy atom. The highest BCUT2D eigenvalue weighted by Gasteiger charge is 2.32. The number of halogens is 3. The fraction of sp³-hybridized carbons (Fsp3) is 0.207. The van der Waals surface area contributed by atoms with Gasteiger partial charge in [0.25, 0.3) is 0 Å². The average Bonchev–Trinajstić information content (AvgIpc) is 2.91. The molecule has 0 bridgehead atoms. The van der Waals surface area contributed by atoms with Gasteiger partial charge < -0.3 is 9.47 Å². The monoisotopic (exact) mass is 557 g/mol. The summed E-state index contributed by atoms with van der Waals surface area (Å²) in [5, 5.41) is 1.59. The lowest BCUT2D eigenvalue weighted by molar-refractivity contribution is -0.140. The molecule has 0 fully saturated rings. The van der Waals surface area contributed by atoms with Crippen LogP contribution in [0.3, 0.4) is 0 Å². The number of sulfonamides is 1. The van der Waals surface area contributed by atoms with Gasteiger partial charge >= 0.3 is 12.1 Å². The molecule has 0 saturated heterocycles. The molecular formula is C29H26F3NO5S. The maximum Gasteiger partial charge on any atom is 0.416 e. The van der Waals surface area contributed by atoms with E-state index in [4.69, 9.17) is 4.74 Å². The van der Waals surface area contributed by atoms with E-state index in [0.29, 0.717) is 5.56 Å². The summed E-state index contributed by atoms with van der Waals surface area (Å²) in [6.45, 7) is 1.27. The molecule has 0 saturated carbocycles. The Bertz CT molecular complexity index is 1600. The van der Waals surface area contributed by atoms with Gasteiger partial charge in [-0.2, -0.15) is 17.5 Å². The van der Waals surface area contributed by atoms with Crippen molar-refractivity contribution in [2.24, 2.45) is 0 Å². The molecule has 0 aliphatic carbocycles. The third kappa shape index (κ3) is 6.58. The number of esters is 1. The Labute approximate surface area is 224 Å². The number of benzene rings is 4. The van der Waals surface area contributed by atoms with Crippen molar-refractivity contribution in [3.05, 3.63) is 102 Å². The number of rotatable bonds is 9. The molecule has 0 N–H and O–H groups in total. The second-order valence-corrected chi connectivity index (χ2v) is 10.7. The van der Waals surface area contributed by atoms with E-state index in [9.17, 15) is 26.4 Å². The summed E-state index contributed by atoms with van der Waals surface area (Å²) < 4.78 is 79.6. The largest absolute Gasteiger partial charge is 0.469 e. The summed E-state index contributed by atoms with van der Waals surface area (Å²) >= 11 is 0. The lowest BCUT2D eigenvalue weighted by atomic mass is 10.1. The molecule has 4 aromatic carbocycles. The first-order valence-electron chi connectivity index (χ1n) is 12.0. The maximum absolute atomic E-state index is 13.6. The number of carbonyl (C=O) groups is 1. The Morgan fingerprint density at radius 3 is 2.33 bits per heavy atom. The number of hydrogen-bond acceptors (Lipinski definition) is 5. The Morgan fingerprint density at radius 1 is 0.897 bits per heavy atom. The molecule has 4 aromatic rings. The van der Waals surface area contributed by atoms with E-state index in [-0.39, 0.29) is 41.5 Å². The molecule has 0 aliphatic heterocycles. The highest BCUT2D eigenvalue weighted by atomic mass is 32.2. The van der Waals surface area contributed by atoms with Crippen LogP contribution >= 0.6 is 0 Å². The minimum atomic E-state index is -4.64. The predicted octanol–water partition coefficient (Wildman–Crippen LogP) is 6.58. The van der Waals surface area contributed by atoms with E-state index in [1.165, 1.54) is 19.2 Å². The van der Waals surface area contributed by atoms with E-state index < -0.39 is 27.7 Å². The molecule has 4 rings (SSSR count). The molecule has 0 radical (unpaired) electrons. The lowest BCUT2D eigenvalue weighted by Crippen LogP contribution is -2.30. The van der Waals surface area contributed by atoms with E-state index in [2.05, 4.69) is 4.74 Å². The minimum absolute atomic E-state index is 0.0127. The third-order valence-electron chi connectivity index (χ3n) is 6.15. The van der Waals surface area contributed by atoms with Crippen molar-refractivity contribution in [2.75, 3.05) is 13.7 Å². The fourth-order valence-electron chi connectivity index (χ4n) is 4.10. The lowest BCUT2D eigenvalue weighted by Gasteiger charge is -2.23. The van der Waals surface area contributed by atoms with E-state index in [0.717, 1.165) is 27.2 Å². The van der Waals surface area contributed by atoms with Crippen molar-refractivity contribution in [1.29, 1.82) is 0 Å². The van der Waals surface area contributed by atoms with Gasteiger partial charge in [-0.15, -0.1) is 0 Å². The van der Waals surface area contributed by atoms with Gasteiger partial charge in [-0.3, -0.25) is 4.79 Å². The first-order chi connectivity index (χ1) is 18.5. The van der Waals surface area contributed by atoms with E-state index in [1.807, 2.05) is 12.1 Å². The molecule has 10 heteroatoms. The number of alkyl halides is 3. The van der Waals surface area contributed by atoms with Crippen molar-refractivity contribution in [2.45, 2.75) is 31.0 Å². The number of fused-ring (bicyclic) bond motifs is 1. The number of methoxy groups -OCH3 is 1. The SMILES string of the molecule is CCN(Cc1cc(C(F)(F)F)ccc1Oc1cccc(CC(=O)OC)c1)S(=O)(=O)c1ccc2ccccc2c1. The summed E-state index contributed by atoms with van der Waals surface area (Å²) in [5.74, 6) is -0.122. The predicted molar refractivity (Wildman–Crippen MR) is 141 cm³/mol. The third-order valence-corrected chi connectivity index (χ3v) is 8.07. The molecule has 0 aromatic heterocycles. The van der Waals surface area contributed by atoms with Gasteiger partial charge in [-0.1, -0.05) is 49.4 Å². The zero-order chi connectivity index (χ0) is 28.2. The fourth-order valence-corrected chi connectivity index (χ4v) is 5.56. The maximum atomic E-state index is 13.6. The molecule has 0 unspecified atom stereocenters. The van der Waals surface area contributed by atoms with Crippen molar-refractivity contribution in [3.63, 3.8) is 0 Å². The minimum Gasteiger partial charge on any atom is -0.469 e. The molecule has 0 atom stereocenters. The van der Waals surface area contributed by atoms with Gasteiger partial charge in [0.05, 0.1) is 24.0 Å². The molecular weight excluding hydrogens is 531 g/mol. The molecule has 0 spiro atoms. The van der Waals surface area contributed by atoms with Crippen LogP contribution in [0.5, 0.6) is 11.5 Å². The van der Waals surface area contributed by atoms with Crippen LogP contribution in [0.15, 0.2) is 89.8 Å². The smallest absolute Gasteiger partial charge is 0.416 e. The Balaban J connectivity index is 1.70. The van der Waals surface area contributed by atoms with Crippen LogP contribution in [0, 0.1) is 0 Å². The number of hydrogen-bond donors (Lipinski definition) is 0. The molecule has 0 heterocycles. The topological polar surface area (TPSA) is 72.9 Å². The highest BCUT2D eigenvalue weighted by Crippen LogP contribution is 2.36. The summed E-state index contributed by atoms with van der Waals surface area (Å²) in [6.07, 6.45) is -4.65. The molecule has 6 nitrogen and oxygen atoms in total. The van der Waals surface area contributed by atoms with Gasteiger partial charge in [0.1, 0.15) is 11.5 Å². The first-order valence-corrected chi connectivity index (χ1v) is 13.5. The van der Waals surface area contributed by atoms with Crippen LogP contribution in [-0.4, -0.2) is 32.3 Å².